The Morgan fingerprint density at radius 1 is 0.610 bits per heavy atom. The summed E-state index contributed by atoms with van der Waals surface area (Å²) in [6, 6.07) is 7.05. The predicted octanol–water partition coefficient (Wildman–Crippen LogP) is 4.39. The Bertz CT molecular complexity index is 1900. The Kier molecular flexibility index (Phi) is 8.49. The van der Waals surface area contributed by atoms with Crippen molar-refractivity contribution in [3.05, 3.63) is 36.4 Å². The second-order valence-electron chi connectivity index (χ2n) is 8.99. The summed E-state index contributed by atoms with van der Waals surface area (Å²) >= 11 is 0. The molecule has 0 fully saturated rings. The minimum absolute atomic E-state index is 0.00287. The number of unbranched alkanes of at least 4 members (excludes halogenated alkanes) is 4. The van der Waals surface area contributed by atoms with Crippen LogP contribution in [0.15, 0.2) is 36.4 Å². The van der Waals surface area contributed by atoms with Gasteiger partial charge in [0.25, 0.3) is 0 Å². The maximum absolute atomic E-state index is 12.7. The molecule has 41 heavy (non-hydrogen) atoms. The molecule has 4 aromatic carbocycles. The molecule has 3 N–H and O–H groups in total. The molecule has 0 unspecified atom stereocenters. The van der Waals surface area contributed by atoms with E-state index in [1.54, 1.807) is 0 Å². The Morgan fingerprint density at radius 3 is 1.37 bits per heavy atom. The summed E-state index contributed by atoms with van der Waals surface area (Å²) in [5.41, 5.74) is 0. The van der Waals surface area contributed by atoms with Crippen LogP contribution in [0.25, 0.3) is 32.3 Å². The topological polar surface area (TPSA) is 217 Å². The van der Waals surface area contributed by atoms with Gasteiger partial charge in [-0.3, -0.25) is 18.5 Å². The zero-order valence-electron chi connectivity index (χ0n) is 21.3. The number of hydrogen-bond acceptors (Lipinski definition) is 11. The summed E-state index contributed by atoms with van der Waals surface area (Å²) in [5.74, 6) is -2.58. The van der Waals surface area contributed by atoms with Gasteiger partial charge in [0.05, 0.1) is 0 Å². The molecule has 0 spiro atoms. The van der Waals surface area contributed by atoms with Gasteiger partial charge in [0.1, 0.15) is 5.75 Å². The van der Waals surface area contributed by atoms with Crippen molar-refractivity contribution in [3.8, 4) is 23.0 Å². The lowest BCUT2D eigenvalue weighted by atomic mass is 9.92. The van der Waals surface area contributed by atoms with Crippen molar-refractivity contribution in [2.45, 2.75) is 45.4 Å². The SMILES string of the molecule is CCCCCCCC(=O)Oc1cc(OS(=O)(=O)O)c2ccc3c(OS(=O)(=O)O)cc(OS(=O)(=O)O)c4ccc1c2c43. The number of carbonyl (C=O) groups excluding carboxylic acids is 1. The van der Waals surface area contributed by atoms with Crippen LogP contribution in [0.5, 0.6) is 23.0 Å². The van der Waals surface area contributed by atoms with Crippen molar-refractivity contribution >= 4 is 69.5 Å². The van der Waals surface area contributed by atoms with Crippen LogP contribution in [0.2, 0.25) is 0 Å². The number of ether oxygens (including phenoxy) is 1. The lowest BCUT2D eigenvalue weighted by Crippen LogP contribution is -2.11. The third kappa shape index (κ3) is 7.43. The zero-order valence-corrected chi connectivity index (χ0v) is 23.7. The average Bonchev–Trinajstić information content (AvgIpc) is 2.82. The van der Waals surface area contributed by atoms with E-state index >= 15 is 0 Å². The quantitative estimate of drug-likeness (QED) is 0.0612. The molecule has 0 amide bonds. The highest BCUT2D eigenvalue weighted by Crippen LogP contribution is 2.48. The van der Waals surface area contributed by atoms with Gasteiger partial charge in [0, 0.05) is 50.9 Å². The molecule has 0 aromatic heterocycles. The summed E-state index contributed by atoms with van der Waals surface area (Å²) in [5, 5.41) is 0.107. The second-order valence-corrected chi connectivity index (χ2v) is 12.1. The van der Waals surface area contributed by atoms with Gasteiger partial charge in [-0.1, -0.05) is 32.6 Å². The molecule has 4 aromatic rings. The van der Waals surface area contributed by atoms with Gasteiger partial charge in [-0.05, 0) is 30.7 Å². The van der Waals surface area contributed by atoms with Gasteiger partial charge in [-0.25, -0.2) is 0 Å². The van der Waals surface area contributed by atoms with Crippen molar-refractivity contribution < 1.29 is 61.0 Å². The number of rotatable bonds is 13. The van der Waals surface area contributed by atoms with Gasteiger partial charge in [-0.15, -0.1) is 0 Å². The van der Waals surface area contributed by atoms with Crippen LogP contribution in [-0.4, -0.2) is 44.9 Å². The van der Waals surface area contributed by atoms with Crippen molar-refractivity contribution in [2.24, 2.45) is 0 Å². The van der Waals surface area contributed by atoms with E-state index in [9.17, 15) is 43.7 Å². The monoisotopic (exact) mass is 632 g/mol. The van der Waals surface area contributed by atoms with E-state index in [-0.39, 0.29) is 44.5 Å². The fourth-order valence-electron chi connectivity index (χ4n) is 4.54. The summed E-state index contributed by atoms with van der Waals surface area (Å²) in [7, 11) is -15.4. The van der Waals surface area contributed by atoms with Crippen LogP contribution >= 0.6 is 0 Å². The van der Waals surface area contributed by atoms with Crippen LogP contribution in [0.3, 0.4) is 0 Å². The molecule has 0 saturated heterocycles. The minimum Gasteiger partial charge on any atom is -0.426 e. The van der Waals surface area contributed by atoms with Gasteiger partial charge >= 0.3 is 37.2 Å². The van der Waals surface area contributed by atoms with Crippen LogP contribution < -0.4 is 17.3 Å². The number of esters is 1. The van der Waals surface area contributed by atoms with Crippen LogP contribution in [0.1, 0.15) is 45.4 Å². The normalized spacial score (nSPS) is 12.7. The molecule has 0 radical (unpaired) electrons. The lowest BCUT2D eigenvalue weighted by Gasteiger charge is -2.19. The second kappa shape index (κ2) is 11.4. The average molecular weight is 633 g/mol. The first-order valence-electron chi connectivity index (χ1n) is 12.1. The highest BCUT2D eigenvalue weighted by molar-refractivity contribution is 7.81. The third-order valence-electron chi connectivity index (χ3n) is 6.04. The Morgan fingerprint density at radius 2 is 0.976 bits per heavy atom. The minimum atomic E-state index is -5.15. The maximum Gasteiger partial charge on any atom is 0.446 e. The summed E-state index contributed by atoms with van der Waals surface area (Å²) in [6.45, 7) is 2.05. The molecular weight excluding hydrogens is 608 g/mol. The number of carbonyl (C=O) groups is 1. The Hall–Kier alpha value is -3.48. The number of hydrogen-bond donors (Lipinski definition) is 3. The van der Waals surface area contributed by atoms with E-state index < -0.39 is 54.4 Å². The predicted molar refractivity (Wildman–Crippen MR) is 146 cm³/mol. The van der Waals surface area contributed by atoms with Gasteiger partial charge in [-0.2, -0.15) is 25.3 Å². The first kappa shape index (κ1) is 30.5. The third-order valence-corrected chi connectivity index (χ3v) is 7.21. The Labute approximate surface area is 235 Å². The van der Waals surface area contributed by atoms with Gasteiger partial charge in [0.2, 0.25) is 0 Å². The standard InChI is InChI=1S/C24H24O14S3/c1-2-3-4-5-6-7-22(25)35-18-12-19(36-39(26,27)28)15-10-11-17-21(38-41(32,33)34)13-20(37-40(29,30)31)16-9-8-14(18)23(15)24(16)17/h8-13H,2-7H2,1H3,(H,26,27,28)(H,29,30,31)(H,32,33,34). The molecule has 0 aliphatic heterocycles. The molecule has 0 aliphatic carbocycles. The van der Waals surface area contributed by atoms with E-state index in [0.717, 1.165) is 37.8 Å². The van der Waals surface area contributed by atoms with Crippen molar-refractivity contribution in [3.63, 3.8) is 0 Å². The first-order valence-corrected chi connectivity index (χ1v) is 16.2. The molecule has 222 valence electrons. The van der Waals surface area contributed by atoms with Crippen molar-refractivity contribution in [1.82, 2.24) is 0 Å². The highest BCUT2D eigenvalue weighted by atomic mass is 32.3. The summed E-state index contributed by atoms with van der Waals surface area (Å²) in [6.07, 6.45) is 4.30. The molecule has 0 aliphatic rings. The van der Waals surface area contributed by atoms with E-state index in [1.165, 1.54) is 24.3 Å². The maximum atomic E-state index is 12.7. The summed E-state index contributed by atoms with van der Waals surface area (Å²) in [4.78, 5) is 12.7. The van der Waals surface area contributed by atoms with Crippen LogP contribution in [0.4, 0.5) is 0 Å². The van der Waals surface area contributed by atoms with E-state index in [4.69, 9.17) is 8.92 Å². The molecular formula is C24H24O14S3. The van der Waals surface area contributed by atoms with Gasteiger partial charge in [0.15, 0.2) is 17.2 Å². The van der Waals surface area contributed by atoms with Crippen LogP contribution in [0, 0.1) is 0 Å². The molecule has 0 atom stereocenters. The van der Waals surface area contributed by atoms with Crippen molar-refractivity contribution in [1.29, 1.82) is 0 Å². The summed E-state index contributed by atoms with van der Waals surface area (Å²) < 4.78 is 117. The Balaban J connectivity index is 1.99. The van der Waals surface area contributed by atoms with Crippen LogP contribution in [-0.2, 0) is 36.0 Å². The van der Waals surface area contributed by atoms with E-state index in [0.29, 0.717) is 6.42 Å². The first-order chi connectivity index (χ1) is 19.1. The zero-order chi connectivity index (χ0) is 30.2. The highest BCUT2D eigenvalue weighted by Gasteiger charge is 2.25. The molecule has 0 saturated carbocycles. The molecule has 0 heterocycles. The van der Waals surface area contributed by atoms with Crippen molar-refractivity contribution in [2.75, 3.05) is 0 Å². The molecule has 14 nitrogen and oxygen atoms in total. The fourth-order valence-corrected chi connectivity index (χ4v) is 5.64. The number of benzene rings is 4. The van der Waals surface area contributed by atoms with E-state index in [1.807, 2.05) is 6.92 Å². The largest absolute Gasteiger partial charge is 0.446 e. The smallest absolute Gasteiger partial charge is 0.426 e. The fraction of sp³-hybridized carbons (Fsp3) is 0.292. The molecule has 17 heteroatoms. The molecule has 0 bridgehead atoms. The van der Waals surface area contributed by atoms with Gasteiger partial charge < -0.3 is 17.3 Å². The van der Waals surface area contributed by atoms with E-state index in [2.05, 4.69) is 8.37 Å². The lowest BCUT2D eigenvalue weighted by molar-refractivity contribution is -0.134. The molecule has 4 rings (SSSR count).